The number of carbonyl (C=O) groups is 1. The zero-order valence-corrected chi connectivity index (χ0v) is 13.5. The molecule has 2 aromatic rings. The second kappa shape index (κ2) is 5.48. The first-order chi connectivity index (χ1) is 11.2. The minimum Gasteiger partial charge on any atom is -0.469 e. The Balaban J connectivity index is 1.61. The van der Waals surface area contributed by atoms with Crippen molar-refractivity contribution in [1.29, 1.82) is 0 Å². The van der Waals surface area contributed by atoms with E-state index >= 15 is 0 Å². The highest BCUT2D eigenvalue weighted by Crippen LogP contribution is 2.45. The maximum absolute atomic E-state index is 11.6. The third-order valence-corrected chi connectivity index (χ3v) is 4.91. The highest BCUT2D eigenvalue weighted by molar-refractivity contribution is 5.73. The lowest BCUT2D eigenvalue weighted by molar-refractivity contribution is -0.149. The van der Waals surface area contributed by atoms with Crippen molar-refractivity contribution in [2.75, 3.05) is 7.11 Å². The number of pyridine rings is 1. The largest absolute Gasteiger partial charge is 0.469 e. The maximum atomic E-state index is 11.6. The molecule has 0 spiro atoms. The van der Waals surface area contributed by atoms with E-state index in [1.54, 1.807) is 0 Å². The Morgan fingerprint density at radius 1 is 1.30 bits per heavy atom. The number of carbonyl (C=O) groups excluding carboxylic acids is 1. The van der Waals surface area contributed by atoms with Gasteiger partial charge >= 0.3 is 5.97 Å². The lowest BCUT2D eigenvalue weighted by Crippen LogP contribution is -2.33. The Bertz CT molecular complexity index is 742. The number of aromatic nitrogens is 3. The van der Waals surface area contributed by atoms with Crippen LogP contribution in [-0.2, 0) is 9.53 Å². The van der Waals surface area contributed by atoms with E-state index in [2.05, 4.69) is 17.2 Å². The Morgan fingerprint density at radius 2 is 2.09 bits per heavy atom. The third kappa shape index (κ3) is 2.64. The van der Waals surface area contributed by atoms with Gasteiger partial charge in [-0.2, -0.15) is 5.10 Å². The SMILES string of the molecule is COC(=O)C1CC(n2cc(-c3cccc(C)n3)c(C3CC3)n2)C1. The molecule has 2 fully saturated rings. The van der Waals surface area contributed by atoms with E-state index in [4.69, 9.17) is 9.84 Å². The smallest absolute Gasteiger partial charge is 0.308 e. The lowest BCUT2D eigenvalue weighted by Gasteiger charge is -2.33. The molecule has 0 bridgehead atoms. The van der Waals surface area contributed by atoms with Gasteiger partial charge in [-0.1, -0.05) is 6.07 Å². The molecule has 2 aliphatic carbocycles. The summed E-state index contributed by atoms with van der Waals surface area (Å²) < 4.78 is 6.87. The van der Waals surface area contributed by atoms with E-state index in [1.165, 1.54) is 25.6 Å². The van der Waals surface area contributed by atoms with Gasteiger partial charge in [0.2, 0.25) is 0 Å². The topological polar surface area (TPSA) is 57.0 Å². The zero-order chi connectivity index (χ0) is 16.0. The van der Waals surface area contributed by atoms with Crippen LogP contribution in [0.2, 0.25) is 0 Å². The van der Waals surface area contributed by atoms with Gasteiger partial charge in [0.1, 0.15) is 0 Å². The van der Waals surface area contributed by atoms with Gasteiger partial charge in [0.25, 0.3) is 0 Å². The molecule has 2 saturated carbocycles. The van der Waals surface area contributed by atoms with Crippen molar-refractivity contribution in [3.05, 3.63) is 35.8 Å². The first kappa shape index (κ1) is 14.4. The van der Waals surface area contributed by atoms with Gasteiger partial charge < -0.3 is 4.74 Å². The van der Waals surface area contributed by atoms with E-state index in [-0.39, 0.29) is 11.9 Å². The molecule has 5 nitrogen and oxygen atoms in total. The average molecular weight is 311 g/mol. The summed E-state index contributed by atoms with van der Waals surface area (Å²) >= 11 is 0. The minimum atomic E-state index is -0.101. The van der Waals surface area contributed by atoms with E-state index in [0.29, 0.717) is 12.0 Å². The Morgan fingerprint density at radius 3 is 2.74 bits per heavy atom. The maximum Gasteiger partial charge on any atom is 0.308 e. The summed E-state index contributed by atoms with van der Waals surface area (Å²) in [4.78, 5) is 16.2. The molecule has 2 aromatic heterocycles. The number of esters is 1. The highest BCUT2D eigenvalue weighted by Gasteiger charge is 2.38. The Labute approximate surface area is 135 Å². The van der Waals surface area contributed by atoms with Gasteiger partial charge in [-0.3, -0.25) is 14.5 Å². The molecule has 2 aliphatic rings. The predicted molar refractivity (Wildman–Crippen MR) is 85.9 cm³/mol. The van der Waals surface area contributed by atoms with Crippen molar-refractivity contribution in [1.82, 2.24) is 14.8 Å². The first-order valence-corrected chi connectivity index (χ1v) is 8.26. The number of nitrogens with zero attached hydrogens (tertiary/aromatic N) is 3. The monoisotopic (exact) mass is 311 g/mol. The van der Waals surface area contributed by atoms with Crippen LogP contribution in [0, 0.1) is 12.8 Å². The molecule has 0 unspecified atom stereocenters. The van der Waals surface area contributed by atoms with Gasteiger partial charge in [0, 0.05) is 23.4 Å². The van der Waals surface area contributed by atoms with Crippen LogP contribution in [0.4, 0.5) is 0 Å². The molecule has 0 radical (unpaired) electrons. The number of hydrogen-bond acceptors (Lipinski definition) is 4. The zero-order valence-electron chi connectivity index (χ0n) is 13.5. The summed E-state index contributed by atoms with van der Waals surface area (Å²) in [5, 5.41) is 4.84. The van der Waals surface area contributed by atoms with E-state index in [1.807, 2.05) is 23.7 Å². The van der Waals surface area contributed by atoms with Gasteiger partial charge in [0.05, 0.1) is 30.5 Å². The van der Waals surface area contributed by atoms with Gasteiger partial charge in [-0.15, -0.1) is 0 Å². The highest BCUT2D eigenvalue weighted by atomic mass is 16.5. The summed E-state index contributed by atoms with van der Waals surface area (Å²) in [6, 6.07) is 6.41. The summed E-state index contributed by atoms with van der Waals surface area (Å²) in [5.41, 5.74) is 4.34. The molecule has 5 heteroatoms. The lowest BCUT2D eigenvalue weighted by atomic mass is 9.80. The normalized spacial score (nSPS) is 23.4. The van der Waals surface area contributed by atoms with Crippen molar-refractivity contribution in [3.8, 4) is 11.3 Å². The van der Waals surface area contributed by atoms with E-state index < -0.39 is 0 Å². The molecule has 0 aliphatic heterocycles. The summed E-state index contributed by atoms with van der Waals surface area (Å²) in [7, 11) is 1.45. The molecule has 4 rings (SSSR count). The molecule has 2 heterocycles. The number of aryl methyl sites for hydroxylation is 1. The minimum absolute atomic E-state index is 0.0270. The van der Waals surface area contributed by atoms with Crippen molar-refractivity contribution >= 4 is 5.97 Å². The quantitative estimate of drug-likeness (QED) is 0.813. The van der Waals surface area contributed by atoms with Crippen molar-refractivity contribution in [3.63, 3.8) is 0 Å². The second-order valence-electron chi connectivity index (χ2n) is 6.69. The summed E-state index contributed by atoms with van der Waals surface area (Å²) in [5.74, 6) is 0.501. The van der Waals surface area contributed by atoms with Crippen LogP contribution in [0.3, 0.4) is 0 Å². The van der Waals surface area contributed by atoms with Crippen LogP contribution in [0.1, 0.15) is 49.0 Å². The van der Waals surface area contributed by atoms with Gasteiger partial charge in [-0.05, 0) is 44.7 Å². The fourth-order valence-corrected chi connectivity index (χ4v) is 3.30. The van der Waals surface area contributed by atoms with Crippen LogP contribution in [0.15, 0.2) is 24.4 Å². The molecule has 0 atom stereocenters. The van der Waals surface area contributed by atoms with Gasteiger partial charge in [0.15, 0.2) is 0 Å². The number of ether oxygens (including phenoxy) is 1. The fraction of sp³-hybridized carbons (Fsp3) is 0.500. The standard InChI is InChI=1S/C18H21N3O2/c1-11-4-3-5-16(19-11)15-10-21(20-17(15)12-6-7-12)14-8-13(9-14)18(22)23-2/h3-5,10,12-14H,6-9H2,1-2H3. The average Bonchev–Trinajstić information content (AvgIpc) is 3.26. The Kier molecular flexibility index (Phi) is 3.43. The Hall–Kier alpha value is -2.17. The molecular formula is C18H21N3O2. The summed E-state index contributed by atoms with van der Waals surface area (Å²) in [6.07, 6.45) is 6.18. The second-order valence-corrected chi connectivity index (χ2v) is 6.69. The number of methoxy groups -OCH3 is 1. The van der Waals surface area contributed by atoms with Crippen molar-refractivity contribution in [2.45, 2.75) is 44.6 Å². The molecule has 120 valence electrons. The fourth-order valence-electron chi connectivity index (χ4n) is 3.30. The van der Waals surface area contributed by atoms with Crippen LogP contribution >= 0.6 is 0 Å². The van der Waals surface area contributed by atoms with Crippen LogP contribution in [0.5, 0.6) is 0 Å². The third-order valence-electron chi connectivity index (χ3n) is 4.91. The first-order valence-electron chi connectivity index (χ1n) is 8.26. The van der Waals surface area contributed by atoms with Crippen LogP contribution < -0.4 is 0 Å². The molecule has 23 heavy (non-hydrogen) atoms. The molecule has 0 aromatic carbocycles. The van der Waals surface area contributed by atoms with Crippen LogP contribution in [0.25, 0.3) is 11.3 Å². The van der Waals surface area contributed by atoms with Crippen molar-refractivity contribution < 1.29 is 9.53 Å². The van der Waals surface area contributed by atoms with Crippen molar-refractivity contribution in [2.24, 2.45) is 5.92 Å². The number of hydrogen-bond donors (Lipinski definition) is 0. The summed E-state index contributed by atoms with van der Waals surface area (Å²) in [6.45, 7) is 2.01. The molecule has 0 N–H and O–H groups in total. The number of rotatable bonds is 4. The van der Waals surface area contributed by atoms with E-state index in [9.17, 15) is 4.79 Å². The van der Waals surface area contributed by atoms with Crippen LogP contribution in [-0.4, -0.2) is 27.8 Å². The molecule has 0 amide bonds. The van der Waals surface area contributed by atoms with E-state index in [0.717, 1.165) is 29.8 Å². The van der Waals surface area contributed by atoms with Gasteiger partial charge in [-0.25, -0.2) is 0 Å². The molecule has 0 saturated heterocycles. The molecular weight excluding hydrogens is 290 g/mol. The predicted octanol–water partition coefficient (Wildman–Crippen LogP) is 3.26.